The second-order valence-corrected chi connectivity index (χ2v) is 4.10. The molecule has 0 heterocycles. The fraction of sp³-hybridized carbons (Fsp3) is 0.0714. The predicted molar refractivity (Wildman–Crippen MR) is 66.4 cm³/mol. The first kappa shape index (κ1) is 17.0. The van der Waals surface area contributed by atoms with Crippen molar-refractivity contribution in [1.82, 2.24) is 0 Å². The molecule has 0 fully saturated rings. The van der Waals surface area contributed by atoms with Gasteiger partial charge in [-0.25, -0.2) is 4.79 Å². The number of hydrogen-bond donors (Lipinski definition) is 0. The number of rotatable bonds is 2. The molecule has 0 bridgehead atoms. The molecule has 0 saturated heterocycles. The van der Waals surface area contributed by atoms with E-state index in [1.807, 2.05) is 6.92 Å². The van der Waals surface area contributed by atoms with Crippen molar-refractivity contribution in [1.29, 1.82) is 0 Å². The molecule has 0 aromatic heterocycles. The Morgan fingerprint density at radius 3 is 2.53 bits per heavy atom. The molecule has 0 unspecified atom stereocenters. The zero-order valence-corrected chi connectivity index (χ0v) is 16.2. The number of aryl methyl sites for hydroxylation is 1. The van der Waals surface area contributed by atoms with E-state index in [1.165, 1.54) is 12.1 Å². The Labute approximate surface area is 164 Å². The number of halogens is 2. The van der Waals surface area contributed by atoms with Crippen LogP contribution in [0.1, 0.15) is 15.9 Å². The first-order valence-corrected chi connectivity index (χ1v) is 5.60. The molecule has 0 aliphatic heterocycles. The molecule has 2 nitrogen and oxygen atoms in total. The van der Waals surface area contributed by atoms with Crippen LogP contribution in [-0.4, -0.2) is 5.97 Å². The Morgan fingerprint density at radius 1 is 1.26 bits per heavy atom. The molecule has 19 heavy (non-hydrogen) atoms. The van der Waals surface area contributed by atoms with Gasteiger partial charge in [-0.3, -0.25) is 4.39 Å². The number of hydrogen-bond acceptors (Lipinski definition) is 2. The molecule has 0 saturated carbocycles. The first-order valence-electron chi connectivity index (χ1n) is 5.22. The average Bonchev–Trinajstić information content (AvgIpc) is 2.36. The van der Waals surface area contributed by atoms with Crippen LogP contribution >= 0.6 is 11.6 Å². The Bertz CT molecular complexity index is 584. The Kier molecular flexibility index (Phi) is 6.84. The minimum Gasteiger partial charge on any atom is -0.447 e. The minimum absolute atomic E-state index is 0. The van der Waals surface area contributed by atoms with Gasteiger partial charge >= 0.3 is 64.2 Å². The number of benzene rings is 2. The summed E-state index contributed by atoms with van der Waals surface area (Å²) in [4.78, 5) is 11.7. The van der Waals surface area contributed by atoms with Gasteiger partial charge in [0.15, 0.2) is 0 Å². The zero-order valence-electron chi connectivity index (χ0n) is 10.5. The van der Waals surface area contributed by atoms with E-state index in [9.17, 15) is 9.18 Å². The summed E-state index contributed by atoms with van der Waals surface area (Å²) in [5.41, 5.74) is 1.37. The maximum Gasteiger partial charge on any atom is 1.00 e. The van der Waals surface area contributed by atoms with Crippen LogP contribution in [0.25, 0.3) is 0 Å². The molecule has 2 aromatic carbocycles. The largest absolute Gasteiger partial charge is 1.00 e. The van der Waals surface area contributed by atoms with Crippen molar-refractivity contribution in [3.05, 3.63) is 64.4 Å². The number of carbonyl (C=O) groups is 1. The molecule has 0 amide bonds. The molecule has 0 radical (unpaired) electrons. The van der Waals surface area contributed by atoms with Gasteiger partial charge < -0.3 is 4.74 Å². The second kappa shape index (κ2) is 7.65. The number of ether oxygens (including phenoxy) is 1. The summed E-state index contributed by atoms with van der Waals surface area (Å²) in [5.74, 6) is -1.62. The third kappa shape index (κ3) is 4.47. The monoisotopic (exact) mass is 348 g/mol. The molecule has 2 aromatic rings. The van der Waals surface area contributed by atoms with Crippen LogP contribution < -0.4 is 62.9 Å². The predicted octanol–water partition coefficient (Wildman–Crippen LogP) is 0.811. The third-order valence-corrected chi connectivity index (χ3v) is 2.62. The van der Waals surface area contributed by atoms with Crippen molar-refractivity contribution in [2.24, 2.45) is 0 Å². The van der Waals surface area contributed by atoms with Gasteiger partial charge in [-0.1, -0.05) is 17.7 Å². The van der Waals surface area contributed by atoms with Crippen molar-refractivity contribution >= 4 is 17.6 Å². The maximum atomic E-state index is 13.5. The number of esters is 1. The molecule has 0 aliphatic rings. The van der Waals surface area contributed by atoms with E-state index in [0.717, 1.165) is 5.56 Å². The number of carbonyl (C=O) groups excluding carboxylic acids is 1. The van der Waals surface area contributed by atoms with Gasteiger partial charge in [0.1, 0.15) is 0 Å². The fourth-order valence-corrected chi connectivity index (χ4v) is 1.52. The van der Waals surface area contributed by atoms with Gasteiger partial charge in [0.2, 0.25) is 0 Å². The second-order valence-electron chi connectivity index (χ2n) is 3.73. The van der Waals surface area contributed by atoms with Crippen LogP contribution in [0.5, 0.6) is 5.75 Å². The topological polar surface area (TPSA) is 26.3 Å². The van der Waals surface area contributed by atoms with Gasteiger partial charge in [-0.15, -0.1) is 17.7 Å². The molecule has 0 N–H and O–H groups in total. The summed E-state index contributed by atoms with van der Waals surface area (Å²) >= 11 is 5.54. The van der Waals surface area contributed by atoms with Crippen molar-refractivity contribution in [3.63, 3.8) is 0 Å². The standard InChI is InChI=1S/C14H9ClFO2.Rb/c1-9-5-7-10(8-6-9)14(17)18-12-4-2-3-11(15)13(12)16;/h2,4-8H,1H3;/q-1;+1. The van der Waals surface area contributed by atoms with Crippen LogP contribution in [0.2, 0.25) is 5.02 Å². The molecule has 0 atom stereocenters. The molecule has 0 spiro atoms. The van der Waals surface area contributed by atoms with E-state index in [2.05, 4.69) is 6.07 Å². The van der Waals surface area contributed by atoms with E-state index in [0.29, 0.717) is 5.56 Å². The smallest absolute Gasteiger partial charge is 0.447 e. The van der Waals surface area contributed by atoms with E-state index in [-0.39, 0.29) is 69.0 Å². The van der Waals surface area contributed by atoms with E-state index < -0.39 is 11.8 Å². The molecule has 5 heteroatoms. The Hall–Kier alpha value is -0.0648. The van der Waals surface area contributed by atoms with Crippen molar-refractivity contribution in [2.75, 3.05) is 0 Å². The fourth-order valence-electron chi connectivity index (χ4n) is 1.36. The zero-order chi connectivity index (χ0) is 13.1. The molecule has 92 valence electrons. The van der Waals surface area contributed by atoms with Crippen molar-refractivity contribution in [2.45, 2.75) is 6.92 Å². The molecular weight excluding hydrogens is 340 g/mol. The molecule has 2 rings (SSSR count). The summed E-state index contributed by atoms with van der Waals surface area (Å²) in [6.45, 7) is 1.90. The van der Waals surface area contributed by atoms with Crippen LogP contribution in [0.3, 0.4) is 0 Å². The summed E-state index contributed by atoms with van der Waals surface area (Å²) in [5, 5.41) is -0.204. The Balaban J connectivity index is 0.00000180. The normalized spacial score (nSPS) is 9.63. The summed E-state index contributed by atoms with van der Waals surface area (Å²) < 4.78 is 18.4. The van der Waals surface area contributed by atoms with Gasteiger partial charge in [-0.05, 0) is 24.1 Å². The third-order valence-electron chi connectivity index (χ3n) is 2.34. The van der Waals surface area contributed by atoms with E-state index >= 15 is 0 Å². The van der Waals surface area contributed by atoms with Crippen LogP contribution in [-0.2, 0) is 0 Å². The van der Waals surface area contributed by atoms with Crippen LogP contribution in [0, 0.1) is 18.8 Å². The van der Waals surface area contributed by atoms with Gasteiger partial charge in [-0.2, -0.15) is 12.1 Å². The van der Waals surface area contributed by atoms with Crippen molar-refractivity contribution < 1.29 is 72.1 Å². The summed E-state index contributed by atoms with van der Waals surface area (Å²) in [6, 6.07) is 11.9. The first-order chi connectivity index (χ1) is 8.58. The summed E-state index contributed by atoms with van der Waals surface area (Å²) in [6.07, 6.45) is 0. The van der Waals surface area contributed by atoms with Gasteiger partial charge in [0.25, 0.3) is 0 Å². The molecule has 0 aliphatic carbocycles. The quantitative estimate of drug-likeness (QED) is 0.456. The average molecular weight is 349 g/mol. The minimum atomic E-state index is -0.792. The molecular formula is C14H9ClFO2Rb. The SMILES string of the molecule is Cc1ccc(C(=O)Oc2cc[c-]c(Cl)c2F)cc1.[Rb+]. The van der Waals surface area contributed by atoms with Crippen molar-refractivity contribution in [3.8, 4) is 5.75 Å². The van der Waals surface area contributed by atoms with Gasteiger partial charge in [0, 0.05) is 0 Å². The summed E-state index contributed by atoms with van der Waals surface area (Å²) in [7, 11) is 0. The van der Waals surface area contributed by atoms with Gasteiger partial charge in [0.05, 0.1) is 17.1 Å². The Morgan fingerprint density at radius 2 is 1.89 bits per heavy atom. The van der Waals surface area contributed by atoms with E-state index in [1.54, 1.807) is 24.3 Å². The van der Waals surface area contributed by atoms with Crippen LogP contribution in [0.4, 0.5) is 4.39 Å². The van der Waals surface area contributed by atoms with E-state index in [4.69, 9.17) is 16.3 Å². The van der Waals surface area contributed by atoms with Crippen LogP contribution in [0.15, 0.2) is 36.4 Å². The maximum absolute atomic E-state index is 13.5.